The summed E-state index contributed by atoms with van der Waals surface area (Å²) in [6.07, 6.45) is 1.49. The molecule has 0 fully saturated rings. The quantitative estimate of drug-likeness (QED) is 0.569. The van der Waals surface area contributed by atoms with Crippen molar-refractivity contribution in [1.82, 2.24) is 10.9 Å². The summed E-state index contributed by atoms with van der Waals surface area (Å²) < 4.78 is 0. The SMILES string of the molecule is CC(C)c1ccc(C(=O)NNC(=O)/C=C/C(=O)O)cc1. The Labute approximate surface area is 116 Å². The van der Waals surface area contributed by atoms with Gasteiger partial charge >= 0.3 is 5.97 Å². The van der Waals surface area contributed by atoms with Crippen molar-refractivity contribution in [3.05, 3.63) is 47.5 Å². The molecule has 0 spiro atoms. The number of benzene rings is 1. The second-order valence-electron chi connectivity index (χ2n) is 4.39. The lowest BCUT2D eigenvalue weighted by atomic mass is 10.0. The van der Waals surface area contributed by atoms with Crippen molar-refractivity contribution in [3.8, 4) is 0 Å². The molecule has 2 amide bonds. The van der Waals surface area contributed by atoms with Gasteiger partial charge < -0.3 is 5.11 Å². The lowest BCUT2D eigenvalue weighted by Crippen LogP contribution is -2.40. The zero-order chi connectivity index (χ0) is 15.1. The number of nitrogens with one attached hydrogen (secondary N) is 2. The molecule has 0 aliphatic carbocycles. The Hall–Kier alpha value is -2.63. The zero-order valence-corrected chi connectivity index (χ0v) is 11.2. The van der Waals surface area contributed by atoms with Crippen LogP contribution in [0.15, 0.2) is 36.4 Å². The summed E-state index contributed by atoms with van der Waals surface area (Å²) in [5.74, 6) is -2.07. The van der Waals surface area contributed by atoms with E-state index in [0.29, 0.717) is 17.6 Å². The minimum Gasteiger partial charge on any atom is -0.478 e. The smallest absolute Gasteiger partial charge is 0.328 e. The average molecular weight is 276 g/mol. The van der Waals surface area contributed by atoms with Crippen molar-refractivity contribution in [3.63, 3.8) is 0 Å². The van der Waals surface area contributed by atoms with E-state index >= 15 is 0 Å². The summed E-state index contributed by atoms with van der Waals surface area (Å²) in [6.45, 7) is 4.09. The highest BCUT2D eigenvalue weighted by Gasteiger charge is 2.07. The van der Waals surface area contributed by atoms with E-state index in [9.17, 15) is 14.4 Å². The van der Waals surface area contributed by atoms with Gasteiger partial charge in [-0.1, -0.05) is 26.0 Å². The highest BCUT2D eigenvalue weighted by Crippen LogP contribution is 2.14. The lowest BCUT2D eigenvalue weighted by molar-refractivity contribution is -0.131. The van der Waals surface area contributed by atoms with Crippen LogP contribution in [0.25, 0.3) is 0 Å². The molecule has 1 aromatic carbocycles. The van der Waals surface area contributed by atoms with Crippen LogP contribution in [0.5, 0.6) is 0 Å². The molecule has 0 radical (unpaired) electrons. The van der Waals surface area contributed by atoms with Crippen LogP contribution in [-0.2, 0) is 9.59 Å². The van der Waals surface area contributed by atoms with E-state index < -0.39 is 17.8 Å². The molecule has 1 aromatic rings. The molecular weight excluding hydrogens is 260 g/mol. The van der Waals surface area contributed by atoms with Crippen LogP contribution in [0.3, 0.4) is 0 Å². The third kappa shape index (κ3) is 4.93. The van der Waals surface area contributed by atoms with Gasteiger partial charge in [0.05, 0.1) is 0 Å². The number of carboxylic acids is 1. The molecule has 0 bridgehead atoms. The molecule has 20 heavy (non-hydrogen) atoms. The van der Waals surface area contributed by atoms with Gasteiger partial charge in [0.25, 0.3) is 11.8 Å². The maximum absolute atomic E-state index is 11.7. The van der Waals surface area contributed by atoms with Crippen molar-refractivity contribution >= 4 is 17.8 Å². The van der Waals surface area contributed by atoms with Gasteiger partial charge in [-0.25, -0.2) is 4.79 Å². The van der Waals surface area contributed by atoms with Gasteiger partial charge in [0, 0.05) is 17.7 Å². The van der Waals surface area contributed by atoms with Crippen molar-refractivity contribution < 1.29 is 19.5 Å². The zero-order valence-electron chi connectivity index (χ0n) is 11.2. The van der Waals surface area contributed by atoms with E-state index in [1.807, 2.05) is 26.0 Å². The minimum absolute atomic E-state index is 0.368. The first-order valence-electron chi connectivity index (χ1n) is 6.01. The van der Waals surface area contributed by atoms with Crippen LogP contribution in [0.2, 0.25) is 0 Å². The number of rotatable bonds is 4. The molecule has 6 nitrogen and oxygen atoms in total. The predicted molar refractivity (Wildman–Crippen MR) is 72.9 cm³/mol. The summed E-state index contributed by atoms with van der Waals surface area (Å²) in [4.78, 5) is 33.0. The summed E-state index contributed by atoms with van der Waals surface area (Å²) in [5.41, 5.74) is 5.78. The normalized spacial score (nSPS) is 10.6. The Balaban J connectivity index is 2.55. The van der Waals surface area contributed by atoms with E-state index in [-0.39, 0.29) is 0 Å². The fourth-order valence-electron chi connectivity index (χ4n) is 1.40. The number of carbonyl (C=O) groups excluding carboxylic acids is 2. The predicted octanol–water partition coefficient (Wildman–Crippen LogP) is 1.21. The van der Waals surface area contributed by atoms with Crippen LogP contribution in [0.4, 0.5) is 0 Å². The molecule has 0 aliphatic rings. The van der Waals surface area contributed by atoms with E-state index in [1.54, 1.807) is 12.1 Å². The van der Waals surface area contributed by atoms with Crippen molar-refractivity contribution in [1.29, 1.82) is 0 Å². The third-order valence-corrected chi connectivity index (χ3v) is 2.52. The van der Waals surface area contributed by atoms with Crippen molar-refractivity contribution in [2.45, 2.75) is 19.8 Å². The maximum atomic E-state index is 11.7. The number of carbonyl (C=O) groups is 3. The Morgan fingerprint density at radius 1 is 1.05 bits per heavy atom. The van der Waals surface area contributed by atoms with Gasteiger partial charge in [0.2, 0.25) is 0 Å². The van der Waals surface area contributed by atoms with Gasteiger partial charge in [0.1, 0.15) is 0 Å². The molecule has 106 valence electrons. The van der Waals surface area contributed by atoms with Crippen LogP contribution in [-0.4, -0.2) is 22.9 Å². The van der Waals surface area contributed by atoms with Gasteiger partial charge in [0.15, 0.2) is 0 Å². The van der Waals surface area contributed by atoms with Crippen LogP contribution < -0.4 is 10.9 Å². The van der Waals surface area contributed by atoms with Crippen LogP contribution in [0, 0.1) is 0 Å². The van der Waals surface area contributed by atoms with E-state index in [4.69, 9.17) is 5.11 Å². The molecule has 0 saturated heterocycles. The fourth-order valence-corrected chi connectivity index (χ4v) is 1.40. The topological polar surface area (TPSA) is 95.5 Å². The molecule has 0 aliphatic heterocycles. The van der Waals surface area contributed by atoms with Crippen molar-refractivity contribution in [2.75, 3.05) is 0 Å². The number of hydrogen-bond acceptors (Lipinski definition) is 3. The molecule has 0 atom stereocenters. The molecule has 3 N–H and O–H groups in total. The highest BCUT2D eigenvalue weighted by atomic mass is 16.4. The number of hydrogen-bond donors (Lipinski definition) is 3. The van der Waals surface area contributed by atoms with Crippen molar-refractivity contribution in [2.24, 2.45) is 0 Å². The average Bonchev–Trinajstić information content (AvgIpc) is 2.42. The standard InChI is InChI=1S/C14H16N2O4/c1-9(2)10-3-5-11(6-4-10)14(20)16-15-12(17)7-8-13(18)19/h3-9H,1-2H3,(H,15,17)(H,16,20)(H,18,19)/b8-7+. The first-order valence-corrected chi connectivity index (χ1v) is 6.01. The minimum atomic E-state index is -1.24. The molecule has 0 heterocycles. The number of aliphatic carboxylic acids is 1. The first-order chi connectivity index (χ1) is 9.40. The monoisotopic (exact) mass is 276 g/mol. The van der Waals surface area contributed by atoms with Crippen LogP contribution in [0.1, 0.15) is 35.7 Å². The Morgan fingerprint density at radius 2 is 1.65 bits per heavy atom. The number of carboxylic acid groups (broad SMARTS) is 1. The van der Waals surface area contributed by atoms with Gasteiger partial charge in [-0.05, 0) is 23.6 Å². The summed E-state index contributed by atoms with van der Waals surface area (Å²) in [5, 5.41) is 8.33. The number of hydrazine groups is 1. The highest BCUT2D eigenvalue weighted by molar-refractivity contribution is 5.98. The number of amides is 2. The lowest BCUT2D eigenvalue weighted by Gasteiger charge is -2.08. The third-order valence-electron chi connectivity index (χ3n) is 2.52. The summed E-state index contributed by atoms with van der Waals surface area (Å²) >= 11 is 0. The van der Waals surface area contributed by atoms with Gasteiger partial charge in [-0.2, -0.15) is 0 Å². The second kappa shape index (κ2) is 7.08. The Kier molecular flexibility index (Phi) is 5.46. The summed E-state index contributed by atoms with van der Waals surface area (Å²) in [7, 11) is 0. The maximum Gasteiger partial charge on any atom is 0.328 e. The molecule has 6 heteroatoms. The van der Waals surface area contributed by atoms with E-state index in [2.05, 4.69) is 10.9 Å². The molecule has 0 aromatic heterocycles. The van der Waals surface area contributed by atoms with Gasteiger partial charge in [-0.15, -0.1) is 0 Å². The largest absolute Gasteiger partial charge is 0.478 e. The first kappa shape index (κ1) is 15.4. The fraction of sp³-hybridized carbons (Fsp3) is 0.214. The molecule has 0 unspecified atom stereocenters. The second-order valence-corrected chi connectivity index (χ2v) is 4.39. The Morgan fingerprint density at radius 3 is 2.15 bits per heavy atom. The molecular formula is C14H16N2O4. The van der Waals surface area contributed by atoms with E-state index in [1.165, 1.54) is 0 Å². The van der Waals surface area contributed by atoms with E-state index in [0.717, 1.165) is 11.6 Å². The summed E-state index contributed by atoms with van der Waals surface area (Å²) in [6, 6.07) is 6.99. The van der Waals surface area contributed by atoms with Crippen LogP contribution >= 0.6 is 0 Å². The Bertz CT molecular complexity index is 533. The molecule has 0 saturated carbocycles. The molecule has 1 rings (SSSR count). The van der Waals surface area contributed by atoms with Gasteiger partial charge in [-0.3, -0.25) is 20.4 Å².